The maximum Gasteiger partial charge on any atom is 0.123 e. The van der Waals surface area contributed by atoms with Gasteiger partial charge >= 0.3 is 0 Å². The summed E-state index contributed by atoms with van der Waals surface area (Å²) in [5.41, 5.74) is 1.07. The predicted octanol–water partition coefficient (Wildman–Crippen LogP) is 2.93. The number of rotatable bonds is 2. The lowest BCUT2D eigenvalue weighted by atomic mass is 10.1. The Labute approximate surface area is 90.2 Å². The van der Waals surface area contributed by atoms with Gasteiger partial charge in [-0.3, -0.25) is 4.90 Å². The molecular weight excluding hydrogens is 189 g/mol. The lowest BCUT2D eigenvalue weighted by molar-refractivity contribution is 0.358. The van der Waals surface area contributed by atoms with Gasteiger partial charge in [0.2, 0.25) is 0 Å². The molecule has 0 aliphatic carbocycles. The second-order valence-corrected chi connectivity index (χ2v) is 4.10. The number of halogens is 1. The summed E-state index contributed by atoms with van der Waals surface area (Å²) < 4.78 is 12.7. The van der Waals surface area contributed by atoms with Crippen molar-refractivity contribution in [2.75, 3.05) is 13.6 Å². The van der Waals surface area contributed by atoms with E-state index in [4.69, 9.17) is 0 Å². The quantitative estimate of drug-likeness (QED) is 0.717. The van der Waals surface area contributed by atoms with Crippen LogP contribution in [-0.4, -0.2) is 24.5 Å². The number of likely N-dealkylation sites (N-methyl/N-ethyl adjacent to an activating group) is 1. The highest BCUT2D eigenvalue weighted by Gasteiger charge is 2.17. The van der Waals surface area contributed by atoms with Gasteiger partial charge in [0.15, 0.2) is 0 Å². The molecule has 1 atom stereocenters. The molecule has 15 heavy (non-hydrogen) atoms. The monoisotopic (exact) mass is 205 g/mol. The molecule has 0 N–H and O–H groups in total. The average molecular weight is 205 g/mol. The Kier molecular flexibility index (Phi) is 3.17. The Morgan fingerprint density at radius 2 is 2.07 bits per heavy atom. The zero-order chi connectivity index (χ0) is 10.7. The van der Waals surface area contributed by atoms with E-state index < -0.39 is 0 Å². The van der Waals surface area contributed by atoms with Gasteiger partial charge < -0.3 is 0 Å². The highest BCUT2D eigenvalue weighted by molar-refractivity contribution is 5.49. The van der Waals surface area contributed by atoms with Crippen molar-refractivity contribution in [3.05, 3.63) is 41.7 Å². The van der Waals surface area contributed by atoms with E-state index in [0.717, 1.165) is 5.56 Å². The van der Waals surface area contributed by atoms with Gasteiger partial charge in [0.25, 0.3) is 0 Å². The fourth-order valence-electron chi connectivity index (χ4n) is 1.98. The second kappa shape index (κ2) is 4.58. The van der Waals surface area contributed by atoms with Gasteiger partial charge in [0, 0.05) is 6.04 Å². The van der Waals surface area contributed by atoms with Gasteiger partial charge in [0.05, 0.1) is 0 Å². The first-order valence-corrected chi connectivity index (χ1v) is 5.40. The number of nitrogens with zero attached hydrogens (tertiary/aromatic N) is 1. The van der Waals surface area contributed by atoms with Gasteiger partial charge in [-0.15, -0.1) is 0 Å². The third-order valence-corrected chi connectivity index (χ3v) is 2.96. The topological polar surface area (TPSA) is 3.24 Å². The molecule has 0 unspecified atom stereocenters. The number of hydrogen-bond acceptors (Lipinski definition) is 1. The highest BCUT2D eigenvalue weighted by atomic mass is 19.1. The summed E-state index contributed by atoms with van der Waals surface area (Å²) in [6, 6.07) is 7.16. The van der Waals surface area contributed by atoms with Crippen LogP contribution in [-0.2, 0) is 0 Å². The largest absolute Gasteiger partial charge is 0.300 e. The van der Waals surface area contributed by atoms with Gasteiger partial charge in [-0.05, 0) is 44.1 Å². The SMILES string of the molecule is CN1CCC[C@@H]1/C=C/c1ccc(F)cc1. The van der Waals surface area contributed by atoms with Gasteiger partial charge in [-0.1, -0.05) is 24.3 Å². The second-order valence-electron chi connectivity index (χ2n) is 4.10. The van der Waals surface area contributed by atoms with Crippen LogP contribution in [0, 0.1) is 5.82 Å². The van der Waals surface area contributed by atoms with Crippen LogP contribution in [0.2, 0.25) is 0 Å². The van der Waals surface area contributed by atoms with Crippen molar-refractivity contribution in [3.63, 3.8) is 0 Å². The molecule has 80 valence electrons. The van der Waals surface area contributed by atoms with Crippen LogP contribution in [0.25, 0.3) is 6.08 Å². The Hall–Kier alpha value is -1.15. The summed E-state index contributed by atoms with van der Waals surface area (Å²) >= 11 is 0. The molecule has 0 spiro atoms. The first kappa shape index (κ1) is 10.4. The lowest BCUT2D eigenvalue weighted by Crippen LogP contribution is -2.22. The molecular formula is C13H16FN. The maximum absolute atomic E-state index is 12.7. The summed E-state index contributed by atoms with van der Waals surface area (Å²) in [7, 11) is 2.15. The number of hydrogen-bond donors (Lipinski definition) is 0. The molecule has 2 rings (SSSR count). The summed E-state index contributed by atoms with van der Waals surface area (Å²) in [5, 5.41) is 0. The van der Waals surface area contributed by atoms with Crippen molar-refractivity contribution in [1.82, 2.24) is 4.90 Å². The van der Waals surface area contributed by atoms with Crippen molar-refractivity contribution < 1.29 is 4.39 Å². The molecule has 0 saturated carbocycles. The molecule has 0 radical (unpaired) electrons. The third kappa shape index (κ3) is 2.66. The minimum Gasteiger partial charge on any atom is -0.300 e. The number of likely N-dealkylation sites (tertiary alicyclic amines) is 1. The Morgan fingerprint density at radius 1 is 1.33 bits per heavy atom. The molecule has 0 bridgehead atoms. The van der Waals surface area contributed by atoms with Crippen LogP contribution < -0.4 is 0 Å². The van der Waals surface area contributed by atoms with Crippen LogP contribution in [0.3, 0.4) is 0 Å². The maximum atomic E-state index is 12.7. The van der Waals surface area contributed by atoms with Gasteiger partial charge in [-0.2, -0.15) is 0 Å². The minimum atomic E-state index is -0.176. The Bertz CT molecular complexity index is 342. The molecule has 0 amide bonds. The zero-order valence-electron chi connectivity index (χ0n) is 8.99. The van der Waals surface area contributed by atoms with Crippen LogP contribution in [0.1, 0.15) is 18.4 Å². The molecule has 0 aromatic heterocycles. The third-order valence-electron chi connectivity index (χ3n) is 2.96. The first-order chi connectivity index (χ1) is 7.25. The van der Waals surface area contributed by atoms with E-state index in [-0.39, 0.29) is 5.82 Å². The van der Waals surface area contributed by atoms with Crippen molar-refractivity contribution in [2.45, 2.75) is 18.9 Å². The molecule has 1 nitrogen and oxygen atoms in total. The molecule has 1 fully saturated rings. The molecule has 1 aromatic rings. The fourth-order valence-corrected chi connectivity index (χ4v) is 1.98. The van der Waals surface area contributed by atoms with E-state index in [2.05, 4.69) is 24.1 Å². The minimum absolute atomic E-state index is 0.176. The van der Waals surface area contributed by atoms with Crippen molar-refractivity contribution in [1.29, 1.82) is 0 Å². The summed E-state index contributed by atoms with van der Waals surface area (Å²) in [6.45, 7) is 1.18. The normalized spacial score (nSPS) is 22.7. The number of benzene rings is 1. The summed E-state index contributed by atoms with van der Waals surface area (Å²) in [6.07, 6.45) is 6.79. The molecule has 1 aliphatic heterocycles. The first-order valence-electron chi connectivity index (χ1n) is 5.40. The smallest absolute Gasteiger partial charge is 0.123 e. The Morgan fingerprint density at radius 3 is 2.67 bits per heavy atom. The van der Waals surface area contributed by atoms with Gasteiger partial charge in [-0.25, -0.2) is 4.39 Å². The van der Waals surface area contributed by atoms with E-state index in [9.17, 15) is 4.39 Å². The highest BCUT2D eigenvalue weighted by Crippen LogP contribution is 2.17. The van der Waals surface area contributed by atoms with Crippen molar-refractivity contribution >= 4 is 6.08 Å². The predicted molar refractivity (Wildman–Crippen MR) is 61.1 cm³/mol. The molecule has 1 saturated heterocycles. The molecule has 1 aliphatic rings. The van der Waals surface area contributed by atoms with Crippen molar-refractivity contribution in [3.8, 4) is 0 Å². The molecule has 2 heteroatoms. The van der Waals surface area contributed by atoms with Crippen molar-refractivity contribution in [2.24, 2.45) is 0 Å². The van der Waals surface area contributed by atoms with Gasteiger partial charge in [0.1, 0.15) is 5.82 Å². The van der Waals surface area contributed by atoms with Crippen LogP contribution in [0.15, 0.2) is 30.3 Å². The van der Waals surface area contributed by atoms with E-state index >= 15 is 0 Å². The Balaban J connectivity index is 2.01. The van der Waals surface area contributed by atoms with Crippen LogP contribution in [0.5, 0.6) is 0 Å². The lowest BCUT2D eigenvalue weighted by Gasteiger charge is -2.14. The van der Waals surface area contributed by atoms with E-state index in [1.54, 1.807) is 12.1 Å². The molecule has 1 heterocycles. The zero-order valence-corrected chi connectivity index (χ0v) is 8.99. The summed E-state index contributed by atoms with van der Waals surface area (Å²) in [4.78, 5) is 2.35. The average Bonchev–Trinajstić information content (AvgIpc) is 2.63. The standard InChI is InChI=1S/C13H16FN/c1-15-10-2-3-13(15)9-6-11-4-7-12(14)8-5-11/h4-9,13H,2-3,10H2,1H3/b9-6+/t13-/m1/s1. The van der Waals surface area contributed by atoms with Crippen LogP contribution >= 0.6 is 0 Å². The molecule has 1 aromatic carbocycles. The summed E-state index contributed by atoms with van der Waals surface area (Å²) in [5.74, 6) is -0.176. The fraction of sp³-hybridized carbons (Fsp3) is 0.385. The van der Waals surface area contributed by atoms with E-state index in [1.807, 2.05) is 0 Å². The van der Waals surface area contributed by atoms with Crippen LogP contribution in [0.4, 0.5) is 4.39 Å². The van der Waals surface area contributed by atoms with E-state index in [0.29, 0.717) is 6.04 Å². The van der Waals surface area contributed by atoms with E-state index in [1.165, 1.54) is 31.5 Å².